The molecule has 0 spiro atoms. The molecule has 4 heterocycles. The molecule has 0 N–H and O–H groups in total. The van der Waals surface area contributed by atoms with E-state index in [-0.39, 0.29) is 0 Å². The minimum Gasteiger partial charge on any atom is -0.309 e. The molecule has 1 aliphatic heterocycles. The molecular weight excluding hydrogens is 665 g/mol. The molecule has 0 bridgehead atoms. The average Bonchev–Trinajstić information content (AvgIpc) is 3.72. The summed E-state index contributed by atoms with van der Waals surface area (Å²) in [7, 11) is 0. The van der Waals surface area contributed by atoms with Crippen LogP contribution in [-0.2, 0) is 0 Å². The van der Waals surface area contributed by atoms with Crippen molar-refractivity contribution < 1.29 is 0 Å². The fraction of sp³-hybridized carbons (Fsp3) is 0. The van der Waals surface area contributed by atoms with Crippen molar-refractivity contribution in [3.63, 3.8) is 0 Å². The van der Waals surface area contributed by atoms with Crippen LogP contribution in [0.25, 0.3) is 99.3 Å². The Hall–Kier alpha value is -6.69. The smallest absolute Gasteiger partial charge is 0.235 e. The van der Waals surface area contributed by atoms with E-state index in [1.807, 2.05) is 0 Å². The number of para-hydroxylation sites is 2. The lowest BCUT2D eigenvalue weighted by Gasteiger charge is -2.20. The lowest BCUT2D eigenvalue weighted by atomic mass is 10.00. The van der Waals surface area contributed by atoms with Gasteiger partial charge in [0.25, 0.3) is 0 Å². The summed E-state index contributed by atoms with van der Waals surface area (Å²) in [6.07, 6.45) is 0. The molecule has 0 aliphatic carbocycles. The minimum atomic E-state index is 0.688. The first-order valence-corrected chi connectivity index (χ1v) is 18.7. The Morgan fingerprint density at radius 3 is 1.91 bits per heavy atom. The van der Waals surface area contributed by atoms with Crippen molar-refractivity contribution in [2.24, 2.45) is 0 Å². The zero-order valence-electron chi connectivity index (χ0n) is 28.4. The van der Waals surface area contributed by atoms with Crippen LogP contribution < -0.4 is 0 Å². The quantitative estimate of drug-likeness (QED) is 0.185. The molecule has 0 saturated carbocycles. The Morgan fingerprint density at radius 1 is 0.415 bits per heavy atom. The number of aromatic nitrogens is 4. The highest BCUT2D eigenvalue weighted by Crippen LogP contribution is 2.47. The van der Waals surface area contributed by atoms with Crippen LogP contribution in [0.1, 0.15) is 0 Å². The Kier molecular flexibility index (Phi) is 5.96. The van der Waals surface area contributed by atoms with Gasteiger partial charge in [0.15, 0.2) is 0 Å². The van der Waals surface area contributed by atoms with E-state index in [1.165, 1.54) is 64.3 Å². The summed E-state index contributed by atoms with van der Waals surface area (Å²) >= 11 is 1.80. The summed E-state index contributed by atoms with van der Waals surface area (Å²) in [6, 6.07) is 61.4. The van der Waals surface area contributed by atoms with Crippen molar-refractivity contribution in [2.45, 2.75) is 9.79 Å². The van der Waals surface area contributed by atoms with Gasteiger partial charge in [-0.15, -0.1) is 0 Å². The highest BCUT2D eigenvalue weighted by atomic mass is 32.2. The van der Waals surface area contributed by atoms with Gasteiger partial charge in [0.1, 0.15) is 0 Å². The van der Waals surface area contributed by atoms with E-state index in [2.05, 4.69) is 179 Å². The molecule has 8 aromatic carbocycles. The standard InChI is InChI=1S/C48H28N4S/c1-2-13-33(14-3-1)51-41-23-21-32(27-37(41)38-25-29-11-4-5-12-30(29)28-43(38)51)31-22-24-42-36(26-31)34-15-6-8-18-40(34)52(42)48-49-39-17-10-20-45-46(39)47(50-48)35-16-7-9-19-44(35)53-45/h1-28H. The second-order valence-corrected chi connectivity index (χ2v) is 14.9. The van der Waals surface area contributed by atoms with E-state index >= 15 is 0 Å². The van der Waals surface area contributed by atoms with Crippen LogP contribution in [0.15, 0.2) is 180 Å². The second kappa shape index (κ2) is 10.9. The maximum atomic E-state index is 5.34. The number of hydrogen-bond donors (Lipinski definition) is 0. The normalized spacial score (nSPS) is 12.5. The van der Waals surface area contributed by atoms with Gasteiger partial charge in [0, 0.05) is 48.0 Å². The van der Waals surface area contributed by atoms with Gasteiger partial charge < -0.3 is 4.57 Å². The van der Waals surface area contributed by atoms with Crippen molar-refractivity contribution in [3.05, 3.63) is 170 Å². The fourth-order valence-electron chi connectivity index (χ4n) is 8.50. The SMILES string of the molecule is c1ccc(-n2c3ccc(-c4ccc5c(c4)c4ccccc4n5-c4nc5c6c(cccc6n4)Sc4ccccc4-5)cc3c3cc4ccccc4cc32)cc1. The van der Waals surface area contributed by atoms with Crippen molar-refractivity contribution in [1.29, 1.82) is 0 Å². The number of nitrogens with zero attached hydrogens (tertiary/aromatic N) is 4. The Morgan fingerprint density at radius 2 is 1.06 bits per heavy atom. The summed E-state index contributed by atoms with van der Waals surface area (Å²) in [6.45, 7) is 0. The Bertz CT molecular complexity index is 3320. The molecular formula is C48H28N4S. The molecule has 0 unspecified atom stereocenters. The van der Waals surface area contributed by atoms with Gasteiger partial charge in [-0.1, -0.05) is 109 Å². The van der Waals surface area contributed by atoms with Gasteiger partial charge in [-0.3, -0.25) is 4.57 Å². The number of benzene rings is 8. The predicted molar refractivity (Wildman–Crippen MR) is 221 cm³/mol. The van der Waals surface area contributed by atoms with E-state index in [4.69, 9.17) is 9.97 Å². The third-order valence-electron chi connectivity index (χ3n) is 10.9. The molecule has 12 rings (SSSR count). The van der Waals surface area contributed by atoms with Crippen LogP contribution in [-0.4, -0.2) is 19.1 Å². The highest BCUT2D eigenvalue weighted by Gasteiger charge is 2.24. The zero-order valence-corrected chi connectivity index (χ0v) is 29.2. The monoisotopic (exact) mass is 692 g/mol. The maximum Gasteiger partial charge on any atom is 0.235 e. The largest absolute Gasteiger partial charge is 0.309 e. The lowest BCUT2D eigenvalue weighted by molar-refractivity contribution is 1.01. The van der Waals surface area contributed by atoms with Crippen LogP contribution in [0, 0.1) is 0 Å². The molecule has 0 atom stereocenters. The van der Waals surface area contributed by atoms with Crippen LogP contribution in [0.4, 0.5) is 0 Å². The first kappa shape index (κ1) is 28.9. The molecule has 0 saturated heterocycles. The van der Waals surface area contributed by atoms with E-state index in [0.29, 0.717) is 5.95 Å². The van der Waals surface area contributed by atoms with Crippen LogP contribution in [0.2, 0.25) is 0 Å². The molecule has 5 heteroatoms. The van der Waals surface area contributed by atoms with Gasteiger partial charge in [-0.2, -0.15) is 0 Å². The topological polar surface area (TPSA) is 35.6 Å². The first-order valence-electron chi connectivity index (χ1n) is 17.9. The first-order chi connectivity index (χ1) is 26.3. The summed E-state index contributed by atoms with van der Waals surface area (Å²) in [4.78, 5) is 13.0. The molecule has 0 radical (unpaired) electrons. The van der Waals surface area contributed by atoms with Crippen molar-refractivity contribution in [1.82, 2.24) is 19.1 Å². The van der Waals surface area contributed by atoms with Crippen molar-refractivity contribution >= 4 is 77.0 Å². The van der Waals surface area contributed by atoms with Crippen LogP contribution >= 0.6 is 11.8 Å². The predicted octanol–water partition coefficient (Wildman–Crippen LogP) is 12.8. The fourth-order valence-corrected chi connectivity index (χ4v) is 9.61. The summed E-state index contributed by atoms with van der Waals surface area (Å²) < 4.78 is 4.64. The Balaban J connectivity index is 1.08. The van der Waals surface area contributed by atoms with Crippen molar-refractivity contribution in [2.75, 3.05) is 0 Å². The molecule has 1 aliphatic rings. The molecule has 11 aromatic rings. The number of fused-ring (bicyclic) bond motifs is 9. The molecule has 0 fully saturated rings. The molecule has 4 nitrogen and oxygen atoms in total. The van der Waals surface area contributed by atoms with E-state index in [9.17, 15) is 0 Å². The van der Waals surface area contributed by atoms with Crippen LogP contribution in [0.3, 0.4) is 0 Å². The Labute approximate surface area is 308 Å². The summed E-state index contributed by atoms with van der Waals surface area (Å²) in [5.41, 5.74) is 11.2. The van der Waals surface area contributed by atoms with Crippen LogP contribution in [0.5, 0.6) is 0 Å². The van der Waals surface area contributed by atoms with Gasteiger partial charge in [0.05, 0.1) is 33.3 Å². The molecule has 3 aromatic heterocycles. The zero-order chi connectivity index (χ0) is 34.6. The van der Waals surface area contributed by atoms with Gasteiger partial charge in [-0.25, -0.2) is 9.97 Å². The van der Waals surface area contributed by atoms with E-state index in [0.717, 1.165) is 38.9 Å². The molecule has 246 valence electrons. The minimum absolute atomic E-state index is 0.688. The summed E-state index contributed by atoms with van der Waals surface area (Å²) in [5, 5.41) is 8.46. The maximum absolute atomic E-state index is 5.34. The van der Waals surface area contributed by atoms with Gasteiger partial charge in [-0.05, 0) is 94.7 Å². The number of hydrogen-bond acceptors (Lipinski definition) is 3. The third-order valence-corrected chi connectivity index (χ3v) is 12.0. The van der Waals surface area contributed by atoms with E-state index in [1.54, 1.807) is 11.8 Å². The van der Waals surface area contributed by atoms with Gasteiger partial charge >= 0.3 is 0 Å². The van der Waals surface area contributed by atoms with E-state index < -0.39 is 0 Å². The highest BCUT2D eigenvalue weighted by molar-refractivity contribution is 7.99. The average molecular weight is 693 g/mol. The second-order valence-electron chi connectivity index (χ2n) is 13.8. The summed E-state index contributed by atoms with van der Waals surface area (Å²) in [5.74, 6) is 0.688. The van der Waals surface area contributed by atoms with Gasteiger partial charge in [0.2, 0.25) is 5.95 Å². The third kappa shape index (κ3) is 4.20. The lowest BCUT2D eigenvalue weighted by Crippen LogP contribution is -2.05. The van der Waals surface area contributed by atoms with Crippen molar-refractivity contribution in [3.8, 4) is 34.0 Å². The molecule has 53 heavy (non-hydrogen) atoms. The number of rotatable bonds is 3. The molecule has 0 amide bonds.